The summed E-state index contributed by atoms with van der Waals surface area (Å²) in [5.74, 6) is -0.178. The fourth-order valence-electron chi connectivity index (χ4n) is 3.06. The molecule has 0 N–H and O–H groups in total. The van der Waals surface area contributed by atoms with Crippen molar-refractivity contribution in [2.75, 3.05) is 0 Å². The maximum absolute atomic E-state index is 12.3. The quantitative estimate of drug-likeness (QED) is 0.504. The number of fused-ring (bicyclic) bond motifs is 3. The van der Waals surface area contributed by atoms with E-state index >= 15 is 0 Å². The van der Waals surface area contributed by atoms with Crippen molar-refractivity contribution in [3.8, 4) is 11.1 Å². The van der Waals surface area contributed by atoms with Gasteiger partial charge in [0.1, 0.15) is 5.52 Å². The van der Waals surface area contributed by atoms with E-state index in [1.807, 2.05) is 30.3 Å². The molecule has 0 aliphatic heterocycles. The summed E-state index contributed by atoms with van der Waals surface area (Å²) < 4.78 is 6.98. The Labute approximate surface area is 141 Å². The zero-order chi connectivity index (χ0) is 16.8. The molecule has 2 aromatic heterocycles. The lowest BCUT2D eigenvalue weighted by atomic mass is 10.1. The highest BCUT2D eigenvalue weighted by molar-refractivity contribution is 6.31. The van der Waals surface area contributed by atoms with Crippen molar-refractivity contribution in [2.45, 2.75) is 6.92 Å². The van der Waals surface area contributed by atoms with Gasteiger partial charge in [-0.1, -0.05) is 41.9 Å². The maximum Gasteiger partial charge on any atom is 0.336 e. The second kappa shape index (κ2) is 5.35. The van der Waals surface area contributed by atoms with Gasteiger partial charge in [0.25, 0.3) is 0 Å². The summed E-state index contributed by atoms with van der Waals surface area (Å²) in [6, 6.07) is 16.0. The lowest BCUT2D eigenvalue weighted by Gasteiger charge is -2.07. The molecule has 0 saturated carbocycles. The number of nitrogens with zero attached hydrogens (tertiary/aromatic N) is 1. The lowest BCUT2D eigenvalue weighted by Crippen LogP contribution is -2.07. The van der Waals surface area contributed by atoms with Crippen molar-refractivity contribution in [3.63, 3.8) is 0 Å². The molecule has 0 radical (unpaired) electrons. The molecule has 24 heavy (non-hydrogen) atoms. The van der Waals surface area contributed by atoms with Crippen LogP contribution in [0.1, 0.15) is 11.7 Å². The van der Waals surface area contributed by atoms with Crippen LogP contribution in [-0.4, -0.2) is 10.5 Å². The van der Waals surface area contributed by atoms with E-state index in [1.54, 1.807) is 22.8 Å². The van der Waals surface area contributed by atoms with Crippen LogP contribution < -0.4 is 5.63 Å². The Morgan fingerprint density at radius 3 is 2.54 bits per heavy atom. The third-order valence-corrected chi connectivity index (χ3v) is 4.24. The number of halogens is 1. The van der Waals surface area contributed by atoms with E-state index in [0.717, 1.165) is 5.56 Å². The zero-order valence-corrected chi connectivity index (χ0v) is 13.5. The molecular formula is C19H12ClNO3. The molecule has 0 aliphatic carbocycles. The van der Waals surface area contributed by atoms with E-state index in [2.05, 4.69) is 0 Å². The van der Waals surface area contributed by atoms with Crippen LogP contribution >= 0.6 is 11.6 Å². The van der Waals surface area contributed by atoms with Gasteiger partial charge in [-0.15, -0.1) is 0 Å². The van der Waals surface area contributed by atoms with Gasteiger partial charge in [-0.25, -0.2) is 4.79 Å². The molecule has 118 valence electrons. The summed E-state index contributed by atoms with van der Waals surface area (Å²) in [6.45, 7) is 1.47. The van der Waals surface area contributed by atoms with Crippen molar-refractivity contribution >= 4 is 39.5 Å². The smallest absolute Gasteiger partial charge is 0.336 e. The SMILES string of the molecule is CC(=O)n1c2cc(Cl)ccc2c2oc(=O)cc(-c3ccccc3)c21. The first kappa shape index (κ1) is 14.7. The first-order valence-electron chi connectivity index (χ1n) is 7.40. The van der Waals surface area contributed by atoms with E-state index in [9.17, 15) is 9.59 Å². The first-order chi connectivity index (χ1) is 11.6. The molecule has 5 heteroatoms. The summed E-state index contributed by atoms with van der Waals surface area (Å²) in [5.41, 5.74) is 2.63. The molecule has 0 bridgehead atoms. The Morgan fingerprint density at radius 2 is 1.83 bits per heavy atom. The number of rotatable bonds is 1. The molecule has 0 atom stereocenters. The first-order valence-corrected chi connectivity index (χ1v) is 7.78. The molecule has 4 rings (SSSR count). The average Bonchev–Trinajstić information content (AvgIpc) is 2.88. The van der Waals surface area contributed by atoms with E-state index in [-0.39, 0.29) is 5.91 Å². The minimum Gasteiger partial charge on any atom is -0.420 e. The van der Waals surface area contributed by atoms with E-state index in [0.29, 0.717) is 32.6 Å². The molecule has 2 heterocycles. The fraction of sp³-hybridized carbons (Fsp3) is 0.0526. The van der Waals surface area contributed by atoms with Gasteiger partial charge in [0.15, 0.2) is 5.58 Å². The van der Waals surface area contributed by atoms with E-state index in [1.165, 1.54) is 13.0 Å². The molecular weight excluding hydrogens is 326 g/mol. The molecule has 4 nitrogen and oxygen atoms in total. The molecule has 4 aromatic rings. The van der Waals surface area contributed by atoms with Crippen LogP contribution in [0.3, 0.4) is 0 Å². The highest BCUT2D eigenvalue weighted by Gasteiger charge is 2.20. The van der Waals surface area contributed by atoms with Crippen molar-refractivity contribution < 1.29 is 9.21 Å². The minimum absolute atomic E-state index is 0.178. The normalized spacial score (nSPS) is 11.2. The van der Waals surface area contributed by atoms with Gasteiger partial charge in [-0.05, 0) is 23.8 Å². The largest absolute Gasteiger partial charge is 0.420 e. The van der Waals surface area contributed by atoms with Gasteiger partial charge in [0, 0.05) is 29.0 Å². The van der Waals surface area contributed by atoms with Gasteiger partial charge in [-0.2, -0.15) is 0 Å². The Kier molecular flexibility index (Phi) is 3.28. The van der Waals surface area contributed by atoms with Crippen LogP contribution in [0.15, 0.2) is 63.8 Å². The van der Waals surface area contributed by atoms with Crippen LogP contribution in [0.25, 0.3) is 33.1 Å². The second-order valence-corrected chi connectivity index (χ2v) is 5.98. The third-order valence-electron chi connectivity index (χ3n) is 4.00. The number of carbonyl (C=O) groups excluding carboxylic acids is 1. The number of carbonyl (C=O) groups is 1. The maximum atomic E-state index is 12.3. The van der Waals surface area contributed by atoms with Crippen molar-refractivity contribution in [1.29, 1.82) is 0 Å². The number of hydrogen-bond donors (Lipinski definition) is 0. The summed E-state index contributed by atoms with van der Waals surface area (Å²) in [6.07, 6.45) is 0. The molecule has 0 amide bonds. The standard InChI is InChI=1S/C19H12ClNO3/c1-11(22)21-16-9-13(20)7-8-14(16)19-18(21)15(10-17(23)24-19)12-5-3-2-4-6-12/h2-10H,1H3. The number of benzene rings is 2. The second-order valence-electron chi connectivity index (χ2n) is 5.54. The Hall–Kier alpha value is -2.85. The van der Waals surface area contributed by atoms with Gasteiger partial charge in [0.2, 0.25) is 5.91 Å². The number of hydrogen-bond acceptors (Lipinski definition) is 3. The van der Waals surface area contributed by atoms with Gasteiger partial charge in [-0.3, -0.25) is 9.36 Å². The van der Waals surface area contributed by atoms with Crippen LogP contribution in [0, 0.1) is 0 Å². The van der Waals surface area contributed by atoms with E-state index < -0.39 is 5.63 Å². The van der Waals surface area contributed by atoms with Gasteiger partial charge < -0.3 is 4.42 Å². The Balaban J connectivity index is 2.28. The Morgan fingerprint density at radius 1 is 1.08 bits per heavy atom. The molecule has 0 spiro atoms. The highest BCUT2D eigenvalue weighted by Crippen LogP contribution is 2.35. The lowest BCUT2D eigenvalue weighted by molar-refractivity contribution is 0.0946. The zero-order valence-electron chi connectivity index (χ0n) is 12.7. The molecule has 0 aliphatic rings. The van der Waals surface area contributed by atoms with Crippen molar-refractivity contribution in [1.82, 2.24) is 4.57 Å². The molecule has 0 fully saturated rings. The number of aromatic nitrogens is 1. The van der Waals surface area contributed by atoms with Crippen LogP contribution in [0.2, 0.25) is 5.02 Å². The molecule has 0 unspecified atom stereocenters. The van der Waals surface area contributed by atoms with Crippen LogP contribution in [0.4, 0.5) is 0 Å². The van der Waals surface area contributed by atoms with E-state index in [4.69, 9.17) is 16.0 Å². The molecule has 0 saturated heterocycles. The highest BCUT2D eigenvalue weighted by atomic mass is 35.5. The summed E-state index contributed by atoms with van der Waals surface area (Å²) in [7, 11) is 0. The Bertz CT molecular complexity index is 1160. The monoisotopic (exact) mass is 337 g/mol. The average molecular weight is 338 g/mol. The fourth-order valence-corrected chi connectivity index (χ4v) is 3.22. The van der Waals surface area contributed by atoms with Crippen LogP contribution in [0.5, 0.6) is 0 Å². The topological polar surface area (TPSA) is 52.2 Å². The summed E-state index contributed by atoms with van der Waals surface area (Å²) >= 11 is 6.09. The third kappa shape index (κ3) is 2.15. The predicted octanol–water partition coefficient (Wildman–Crippen LogP) is 4.73. The molecule has 2 aromatic carbocycles. The summed E-state index contributed by atoms with van der Waals surface area (Å²) in [5, 5.41) is 1.19. The van der Waals surface area contributed by atoms with Gasteiger partial charge >= 0.3 is 5.63 Å². The van der Waals surface area contributed by atoms with Crippen molar-refractivity contribution in [2.24, 2.45) is 0 Å². The minimum atomic E-state index is -0.459. The summed E-state index contributed by atoms with van der Waals surface area (Å²) in [4.78, 5) is 24.4. The van der Waals surface area contributed by atoms with Gasteiger partial charge in [0.05, 0.1) is 5.52 Å². The van der Waals surface area contributed by atoms with Crippen LogP contribution in [-0.2, 0) is 0 Å². The predicted molar refractivity (Wildman–Crippen MR) is 94.7 cm³/mol. The van der Waals surface area contributed by atoms with Crippen molar-refractivity contribution in [3.05, 3.63) is 70.0 Å².